The Bertz CT molecular complexity index is 847. The number of fused-ring (bicyclic) bond motifs is 3. The fourth-order valence-corrected chi connectivity index (χ4v) is 3.33. The van der Waals surface area contributed by atoms with E-state index in [2.05, 4.69) is 16.4 Å². The van der Waals surface area contributed by atoms with Gasteiger partial charge in [0.15, 0.2) is 0 Å². The molecule has 3 aromatic rings. The van der Waals surface area contributed by atoms with E-state index in [0.717, 1.165) is 41.9 Å². The summed E-state index contributed by atoms with van der Waals surface area (Å²) in [5, 5.41) is 4.59. The fraction of sp³-hybridized carbons (Fsp3) is 0.222. The molecule has 1 aromatic heterocycles. The lowest BCUT2D eigenvalue weighted by molar-refractivity contribution is -0.137. The summed E-state index contributed by atoms with van der Waals surface area (Å²) >= 11 is 0. The number of H-pyrrole nitrogens is 1. The molecule has 2 heterocycles. The van der Waals surface area contributed by atoms with E-state index in [1.165, 1.54) is 10.9 Å². The summed E-state index contributed by atoms with van der Waals surface area (Å²) in [6, 6.07) is 13.4. The van der Waals surface area contributed by atoms with Crippen molar-refractivity contribution < 1.29 is 13.2 Å². The van der Waals surface area contributed by atoms with E-state index in [-0.39, 0.29) is 6.04 Å². The first-order chi connectivity index (χ1) is 11.0. The minimum Gasteiger partial charge on any atom is -0.357 e. The number of nitrogens with one attached hydrogen (secondary N) is 2. The number of aromatic amines is 1. The highest BCUT2D eigenvalue weighted by Crippen LogP contribution is 2.35. The Hall–Kier alpha value is -2.27. The number of alkyl halides is 3. The van der Waals surface area contributed by atoms with Crippen LogP contribution in [0, 0.1) is 0 Å². The van der Waals surface area contributed by atoms with Crippen LogP contribution >= 0.6 is 0 Å². The second-order valence-electron chi connectivity index (χ2n) is 5.82. The third-order valence-electron chi connectivity index (χ3n) is 4.43. The second kappa shape index (κ2) is 5.13. The van der Waals surface area contributed by atoms with Crippen LogP contribution < -0.4 is 5.32 Å². The molecule has 1 atom stereocenters. The lowest BCUT2D eigenvalue weighted by Gasteiger charge is -2.25. The molecule has 2 N–H and O–H groups in total. The van der Waals surface area contributed by atoms with Gasteiger partial charge in [-0.1, -0.05) is 30.3 Å². The number of aromatic nitrogens is 1. The molecule has 0 spiro atoms. The monoisotopic (exact) mass is 316 g/mol. The summed E-state index contributed by atoms with van der Waals surface area (Å²) in [6.45, 7) is 0.806. The average molecular weight is 316 g/mol. The zero-order valence-corrected chi connectivity index (χ0v) is 12.2. The SMILES string of the molecule is FC(F)(F)c1ccc([C@H]2NCCc3c2[nH]c2ccccc32)cc1. The molecule has 0 saturated carbocycles. The number of hydrogen-bond donors (Lipinski definition) is 2. The molecule has 0 aliphatic carbocycles. The van der Waals surface area contributed by atoms with Crippen molar-refractivity contribution in [1.29, 1.82) is 0 Å². The number of rotatable bonds is 1. The minimum absolute atomic E-state index is 0.103. The number of halogens is 3. The van der Waals surface area contributed by atoms with Gasteiger partial charge in [0, 0.05) is 23.1 Å². The zero-order valence-electron chi connectivity index (χ0n) is 12.2. The molecule has 0 saturated heterocycles. The topological polar surface area (TPSA) is 27.8 Å². The largest absolute Gasteiger partial charge is 0.416 e. The highest BCUT2D eigenvalue weighted by Gasteiger charge is 2.31. The van der Waals surface area contributed by atoms with Crippen molar-refractivity contribution in [2.45, 2.75) is 18.6 Å². The van der Waals surface area contributed by atoms with Crippen LogP contribution in [0.15, 0.2) is 48.5 Å². The Kier molecular flexibility index (Phi) is 3.20. The standard InChI is InChI=1S/C18H15F3N2/c19-18(20,21)12-7-5-11(6-8-12)16-17-14(9-10-22-16)13-3-1-2-4-15(13)23-17/h1-8,16,22-23H,9-10H2/t16-/m1/s1. The Labute approximate surface area is 131 Å². The van der Waals surface area contributed by atoms with Gasteiger partial charge in [0.1, 0.15) is 0 Å². The first-order valence-corrected chi connectivity index (χ1v) is 7.54. The van der Waals surface area contributed by atoms with Crippen LogP contribution in [0.5, 0.6) is 0 Å². The molecule has 23 heavy (non-hydrogen) atoms. The van der Waals surface area contributed by atoms with Gasteiger partial charge in [0.05, 0.1) is 11.6 Å². The van der Waals surface area contributed by atoms with Crippen molar-refractivity contribution in [2.75, 3.05) is 6.54 Å². The quantitative estimate of drug-likeness (QED) is 0.683. The van der Waals surface area contributed by atoms with Gasteiger partial charge in [-0.15, -0.1) is 0 Å². The maximum absolute atomic E-state index is 12.7. The van der Waals surface area contributed by atoms with Crippen molar-refractivity contribution in [2.24, 2.45) is 0 Å². The van der Waals surface area contributed by atoms with Crippen molar-refractivity contribution in [3.05, 3.63) is 70.9 Å². The van der Waals surface area contributed by atoms with E-state index < -0.39 is 11.7 Å². The van der Waals surface area contributed by atoms with Crippen LogP contribution in [-0.2, 0) is 12.6 Å². The Balaban J connectivity index is 1.77. The smallest absolute Gasteiger partial charge is 0.357 e. The van der Waals surface area contributed by atoms with Gasteiger partial charge in [-0.3, -0.25) is 0 Å². The van der Waals surface area contributed by atoms with Gasteiger partial charge < -0.3 is 10.3 Å². The molecular formula is C18H15F3N2. The number of benzene rings is 2. The summed E-state index contributed by atoms with van der Waals surface area (Å²) < 4.78 is 38.2. The lowest BCUT2D eigenvalue weighted by atomic mass is 9.94. The molecule has 2 aromatic carbocycles. The van der Waals surface area contributed by atoms with Crippen molar-refractivity contribution in [3.8, 4) is 0 Å². The first-order valence-electron chi connectivity index (χ1n) is 7.54. The van der Waals surface area contributed by atoms with E-state index in [4.69, 9.17) is 0 Å². The molecular weight excluding hydrogens is 301 g/mol. The molecule has 4 rings (SSSR count). The predicted octanol–water partition coefficient (Wildman–Crippen LogP) is 4.42. The van der Waals surface area contributed by atoms with Gasteiger partial charge in [0.2, 0.25) is 0 Å². The van der Waals surface area contributed by atoms with Crippen molar-refractivity contribution in [3.63, 3.8) is 0 Å². The van der Waals surface area contributed by atoms with Crippen LogP contribution in [0.2, 0.25) is 0 Å². The summed E-state index contributed by atoms with van der Waals surface area (Å²) in [5.41, 5.74) is 3.60. The lowest BCUT2D eigenvalue weighted by Crippen LogP contribution is -2.30. The van der Waals surface area contributed by atoms with Gasteiger partial charge in [0.25, 0.3) is 0 Å². The van der Waals surface area contributed by atoms with Gasteiger partial charge >= 0.3 is 6.18 Å². The van der Waals surface area contributed by atoms with E-state index in [1.54, 1.807) is 12.1 Å². The minimum atomic E-state index is -4.30. The van der Waals surface area contributed by atoms with Crippen LogP contribution in [0.3, 0.4) is 0 Å². The molecule has 1 aliphatic rings. The molecule has 0 radical (unpaired) electrons. The molecule has 0 amide bonds. The summed E-state index contributed by atoms with van der Waals surface area (Å²) in [6.07, 6.45) is -3.39. The van der Waals surface area contributed by atoms with Gasteiger partial charge in [-0.25, -0.2) is 0 Å². The summed E-state index contributed by atoms with van der Waals surface area (Å²) in [7, 11) is 0. The Morgan fingerprint density at radius 3 is 2.43 bits per heavy atom. The highest BCUT2D eigenvalue weighted by atomic mass is 19.4. The number of para-hydroxylation sites is 1. The predicted molar refractivity (Wildman–Crippen MR) is 83.3 cm³/mol. The third-order valence-corrected chi connectivity index (χ3v) is 4.43. The van der Waals surface area contributed by atoms with E-state index >= 15 is 0 Å². The van der Waals surface area contributed by atoms with E-state index in [0.29, 0.717) is 0 Å². The molecule has 0 unspecified atom stereocenters. The van der Waals surface area contributed by atoms with Gasteiger partial charge in [-0.05, 0) is 35.7 Å². The first kappa shape index (κ1) is 14.3. The molecule has 5 heteroatoms. The highest BCUT2D eigenvalue weighted by molar-refractivity contribution is 5.85. The van der Waals surface area contributed by atoms with Crippen LogP contribution in [0.4, 0.5) is 13.2 Å². The maximum atomic E-state index is 12.7. The second-order valence-corrected chi connectivity index (χ2v) is 5.82. The van der Waals surface area contributed by atoms with E-state index in [9.17, 15) is 13.2 Å². The zero-order chi connectivity index (χ0) is 16.0. The summed E-state index contributed by atoms with van der Waals surface area (Å²) in [4.78, 5) is 3.42. The van der Waals surface area contributed by atoms with Crippen molar-refractivity contribution >= 4 is 10.9 Å². The van der Waals surface area contributed by atoms with Crippen LogP contribution in [0.25, 0.3) is 10.9 Å². The van der Waals surface area contributed by atoms with Crippen molar-refractivity contribution in [1.82, 2.24) is 10.3 Å². The van der Waals surface area contributed by atoms with Crippen LogP contribution in [-0.4, -0.2) is 11.5 Å². The van der Waals surface area contributed by atoms with Crippen LogP contribution in [0.1, 0.15) is 28.4 Å². The van der Waals surface area contributed by atoms with E-state index in [1.807, 2.05) is 18.2 Å². The van der Waals surface area contributed by atoms with Gasteiger partial charge in [-0.2, -0.15) is 13.2 Å². The number of hydrogen-bond acceptors (Lipinski definition) is 1. The third kappa shape index (κ3) is 2.41. The molecule has 0 fully saturated rings. The fourth-order valence-electron chi connectivity index (χ4n) is 3.33. The Morgan fingerprint density at radius 1 is 0.957 bits per heavy atom. The Morgan fingerprint density at radius 2 is 1.70 bits per heavy atom. The summed E-state index contributed by atoms with van der Waals surface area (Å²) in [5.74, 6) is 0. The molecule has 1 aliphatic heterocycles. The molecule has 2 nitrogen and oxygen atoms in total. The maximum Gasteiger partial charge on any atom is 0.416 e. The average Bonchev–Trinajstić information content (AvgIpc) is 2.93. The molecule has 0 bridgehead atoms. The normalized spacial score (nSPS) is 18.1. The molecule has 118 valence electrons.